The molecule has 117 heavy (non-hydrogen) atoms. The lowest BCUT2D eigenvalue weighted by molar-refractivity contribution is -0.196. The fraction of sp³-hybridized carbons (Fsp3) is 0.885. The fourth-order valence-electron chi connectivity index (χ4n) is 26.0. The van der Waals surface area contributed by atoms with Crippen LogP contribution >= 0.6 is 0 Å². The van der Waals surface area contributed by atoms with Gasteiger partial charge in [-0.25, -0.2) is 0 Å². The van der Waals surface area contributed by atoms with Crippen molar-refractivity contribution in [1.82, 2.24) is 0 Å². The summed E-state index contributed by atoms with van der Waals surface area (Å²) in [6, 6.07) is 0. The van der Waals surface area contributed by atoms with Crippen molar-refractivity contribution in [3.8, 4) is 0 Å². The molecule has 10 aliphatic heterocycles. The van der Waals surface area contributed by atoms with E-state index in [1.165, 1.54) is 0 Å². The zero-order chi connectivity index (χ0) is 81.9. The van der Waals surface area contributed by atoms with Gasteiger partial charge in [0, 0.05) is 68.1 Å². The second kappa shape index (κ2) is 31.0. The number of rotatable bonds is 0. The average molecular weight is 1660 g/mol. The van der Waals surface area contributed by atoms with E-state index in [-0.39, 0.29) is 201 Å². The molecule has 0 spiro atoms. The minimum atomic E-state index is -1.09. The summed E-state index contributed by atoms with van der Waals surface area (Å²) >= 11 is 0. The van der Waals surface area contributed by atoms with Gasteiger partial charge in [0.15, 0.2) is 0 Å². The molecule has 10 N–H and O–H groups in total. The number of aliphatic hydroxyl groups excluding tert-OH is 6. The first-order chi connectivity index (χ1) is 53.3. The summed E-state index contributed by atoms with van der Waals surface area (Å²) in [6.07, 6.45) is 16.5. The zero-order valence-corrected chi connectivity index (χ0v) is 66.7. The molecule has 658 valence electrons. The van der Waals surface area contributed by atoms with Crippen molar-refractivity contribution >= 4 is 59.7 Å². The number of carbonyl (C=O) groups excluding carboxylic acids is 10. The predicted molar refractivity (Wildman–Crippen MR) is 406 cm³/mol. The highest BCUT2D eigenvalue weighted by Crippen LogP contribution is 2.67. The van der Waals surface area contributed by atoms with E-state index in [1.54, 1.807) is 20.8 Å². The summed E-state index contributed by atoms with van der Waals surface area (Å²) in [5.41, 5.74) is -4.49. The van der Waals surface area contributed by atoms with Gasteiger partial charge < -0.3 is 98.4 Å². The molecule has 15 aliphatic carbocycles. The smallest absolute Gasteiger partial charge is 0.314 e. The van der Waals surface area contributed by atoms with Gasteiger partial charge >= 0.3 is 59.7 Å². The molecule has 15 saturated carbocycles. The lowest BCUT2D eigenvalue weighted by atomic mass is 9.72. The minimum absolute atomic E-state index is 0. The highest BCUT2D eigenvalue weighted by molar-refractivity contribution is 5.82. The maximum Gasteiger partial charge on any atom is 0.314 e. The maximum absolute atomic E-state index is 11.4. The van der Waals surface area contributed by atoms with Gasteiger partial charge in [-0.2, -0.15) is 0 Å². The van der Waals surface area contributed by atoms with Crippen LogP contribution in [0.3, 0.4) is 0 Å². The van der Waals surface area contributed by atoms with Crippen molar-refractivity contribution in [3.05, 3.63) is 0 Å². The van der Waals surface area contributed by atoms with Crippen molar-refractivity contribution in [2.45, 2.75) is 358 Å². The molecular formula is C87H130O30. The molecule has 40 unspecified atom stereocenters. The van der Waals surface area contributed by atoms with Gasteiger partial charge in [-0.05, 0) is 205 Å². The first-order valence-electron chi connectivity index (χ1n) is 42.4. The third-order valence-corrected chi connectivity index (χ3v) is 33.3. The highest BCUT2D eigenvalue weighted by atomic mass is 16.7. The number of aliphatic hydroxyl groups is 10. The SMILES string of the molecule is C.C.C.CC1(O)C2CC3C(=O)OC1C3C2.CC1(O)CCC2CC1(C)OC2=O.CC1(O)CCC2CC1OC2=O.CC12CC(CCC1O)C(=O)O2.CC12CC3C(=O)OC(C3C1)C2O.CC12CC3CC1C(O)(C3)OC2=O.CC12OC(=O)C3CC(CC31)C2O.CC1CC2CC(OC2=O)C1O.O=C1OC2C(O)C3CC1C2C3.O=C1OC2CC1CCC2O. The third-order valence-electron chi connectivity index (χ3n) is 33.3. The number of ether oxygens (including phenoxy) is 10. The Labute approximate surface area is 684 Å². The van der Waals surface area contributed by atoms with Gasteiger partial charge in [0.1, 0.15) is 64.6 Å². The zero-order valence-electron chi connectivity index (χ0n) is 66.7. The van der Waals surface area contributed by atoms with Crippen LogP contribution in [0.2, 0.25) is 0 Å². The van der Waals surface area contributed by atoms with Crippen molar-refractivity contribution in [1.29, 1.82) is 0 Å². The molecule has 0 aromatic carbocycles. The van der Waals surface area contributed by atoms with Crippen LogP contribution in [0.25, 0.3) is 0 Å². The summed E-state index contributed by atoms with van der Waals surface area (Å²) < 4.78 is 50.8. The van der Waals surface area contributed by atoms with Crippen molar-refractivity contribution in [3.63, 3.8) is 0 Å². The molecule has 40 atom stereocenters. The number of hydrogen-bond acceptors (Lipinski definition) is 30. The summed E-state index contributed by atoms with van der Waals surface area (Å²) in [5, 5.41) is 97.0. The molecule has 25 rings (SSSR count). The molecule has 10 saturated heterocycles. The Hall–Kier alpha value is -5.70. The number of fused-ring (bicyclic) bond motifs is 15. The Bertz CT molecular complexity index is 3860. The highest BCUT2D eigenvalue weighted by Gasteiger charge is 2.73. The topological polar surface area (TPSA) is 465 Å². The Kier molecular flexibility index (Phi) is 23.6. The van der Waals surface area contributed by atoms with Gasteiger partial charge in [-0.3, -0.25) is 47.9 Å². The fourth-order valence-corrected chi connectivity index (χ4v) is 26.0. The van der Waals surface area contributed by atoms with E-state index < -0.39 is 69.9 Å². The molecule has 30 nitrogen and oxygen atoms in total. The quantitative estimate of drug-likeness (QED) is 0.104. The minimum Gasteiger partial charge on any atom is -0.459 e. The van der Waals surface area contributed by atoms with Gasteiger partial charge in [0.05, 0.1) is 101 Å². The first kappa shape index (κ1) is 89.1. The van der Waals surface area contributed by atoms with Crippen LogP contribution in [0, 0.1) is 123 Å². The molecule has 25 aliphatic rings. The van der Waals surface area contributed by atoms with E-state index in [9.17, 15) is 99.0 Å². The van der Waals surface area contributed by atoms with E-state index in [0.29, 0.717) is 92.3 Å². The Balaban J connectivity index is 0.000000113. The Morgan fingerprint density at radius 2 is 1.02 bits per heavy atom. The van der Waals surface area contributed by atoms with Crippen molar-refractivity contribution in [2.24, 2.45) is 123 Å². The summed E-state index contributed by atoms with van der Waals surface area (Å²) in [4.78, 5) is 112. The van der Waals surface area contributed by atoms with Gasteiger partial charge in [-0.1, -0.05) is 36.1 Å². The molecule has 10 heterocycles. The van der Waals surface area contributed by atoms with E-state index in [2.05, 4.69) is 6.92 Å². The average Bonchev–Trinajstić information content (AvgIpc) is 1.54. The van der Waals surface area contributed by atoms with E-state index in [1.807, 2.05) is 34.6 Å². The monoisotopic (exact) mass is 1650 g/mol. The van der Waals surface area contributed by atoms with E-state index >= 15 is 0 Å². The second-order valence-corrected chi connectivity index (χ2v) is 40.8. The molecule has 0 radical (unpaired) electrons. The van der Waals surface area contributed by atoms with Crippen LogP contribution in [-0.2, 0) is 95.3 Å². The van der Waals surface area contributed by atoms with Gasteiger partial charge in [0.25, 0.3) is 0 Å². The van der Waals surface area contributed by atoms with Gasteiger partial charge in [0.2, 0.25) is 5.79 Å². The normalized spacial score (nSPS) is 53.6. The second-order valence-electron chi connectivity index (χ2n) is 40.8. The largest absolute Gasteiger partial charge is 0.459 e. The lowest BCUT2D eigenvalue weighted by Gasteiger charge is -2.40. The van der Waals surface area contributed by atoms with Crippen LogP contribution in [-0.4, -0.2) is 223 Å². The van der Waals surface area contributed by atoms with Crippen LogP contribution in [0.15, 0.2) is 0 Å². The number of hydrogen-bond donors (Lipinski definition) is 10. The van der Waals surface area contributed by atoms with Crippen LogP contribution in [0.5, 0.6) is 0 Å². The summed E-state index contributed by atoms with van der Waals surface area (Å²) in [6.45, 7) is 16.8. The summed E-state index contributed by atoms with van der Waals surface area (Å²) in [7, 11) is 0. The lowest BCUT2D eigenvalue weighted by Crippen LogP contribution is -2.51. The van der Waals surface area contributed by atoms with Crippen LogP contribution in [0.1, 0.15) is 245 Å². The van der Waals surface area contributed by atoms with Crippen molar-refractivity contribution < 1.29 is 146 Å². The van der Waals surface area contributed by atoms with Crippen LogP contribution < -0.4 is 0 Å². The van der Waals surface area contributed by atoms with Gasteiger partial charge in [-0.15, -0.1) is 0 Å². The predicted octanol–water partition coefficient (Wildman–Crippen LogP) is 5.63. The molecule has 0 aromatic rings. The van der Waals surface area contributed by atoms with Crippen LogP contribution in [0.4, 0.5) is 0 Å². The third kappa shape index (κ3) is 14.8. The molecular weight excluding hydrogens is 1520 g/mol. The standard InChI is InChI=1S/4C9H12O3.C9H14O3.C8H10O3.3C8H12O3.C7H10O3.3CH4/c1-8-3-5-2-6(8)9(11,4-5)12-7(8)10;1-9-2-4-5(3-9)8(11)12-6(4)7(9)10;1-9(11)4-2-5-6(3-4)8(10)12-7(5)9;1-9-6-3-4(7(9)10)2-5(6)8(11)12-9;1-8(11)4-3-6-5-9(8,2)12-7(6)10;9-6-3-1-4-5(2-3)8(10)11-7(4)6;1-4-2-5-3-6(7(4)9)11-8(5)10;1-8(10)3-2-5-4-6(8)11-7(5)9;1-8-4-5(7(10)11-8)2-3-6(8)9;8-5-2-1-4-3-6(5)10-7(4)9;;;/h5-6,11H,2-4H2,1H3;4-7,10H,2-3H2,1H3;4-7,11H,2-3H2,1H3;4-7,10H,2-3H2,1H3;6,11H,3-5H2,1-2H3;3-7,9H,1-2H2;4-7,9H,2-3H2,1H3;5-6,10H,2-4H2,1H3;5-6,9H,2-4H2,1H3;4-6,8H,1-3H2;3*1H4. The molecule has 25 fully saturated rings. The number of esters is 10. The Morgan fingerprint density at radius 3 is 1.62 bits per heavy atom. The molecule has 30 heteroatoms. The molecule has 20 bridgehead atoms. The first-order valence-corrected chi connectivity index (χ1v) is 42.4. The summed E-state index contributed by atoms with van der Waals surface area (Å²) in [5.74, 6) is 1.63. The molecule has 0 aromatic heterocycles. The van der Waals surface area contributed by atoms with Crippen molar-refractivity contribution in [2.75, 3.05) is 0 Å². The van der Waals surface area contributed by atoms with E-state index in [4.69, 9.17) is 47.4 Å². The Morgan fingerprint density at radius 1 is 0.410 bits per heavy atom. The maximum atomic E-state index is 11.4. The number of carbonyl (C=O) groups is 10. The van der Waals surface area contributed by atoms with E-state index in [0.717, 1.165) is 116 Å². The molecule has 0 amide bonds.